The Bertz CT molecular complexity index is 467. The van der Waals surface area contributed by atoms with E-state index in [9.17, 15) is 0 Å². The predicted molar refractivity (Wildman–Crippen MR) is 60.0 cm³/mol. The molecule has 0 bridgehead atoms. The molecule has 0 aliphatic carbocycles. The molecule has 2 heterocycles. The van der Waals surface area contributed by atoms with Crippen LogP contribution in [0.4, 0.5) is 5.82 Å². The summed E-state index contributed by atoms with van der Waals surface area (Å²) in [6, 6.07) is 1.93. The van der Waals surface area contributed by atoms with Gasteiger partial charge in [0.2, 0.25) is 5.89 Å². The van der Waals surface area contributed by atoms with Gasteiger partial charge in [-0.15, -0.1) is 5.10 Å². The Morgan fingerprint density at radius 2 is 2.25 bits per heavy atom. The van der Waals surface area contributed by atoms with Crippen LogP contribution in [0.15, 0.2) is 22.9 Å². The monoisotopic (exact) mass is 218 g/mol. The van der Waals surface area contributed by atoms with Crippen molar-refractivity contribution in [3.63, 3.8) is 0 Å². The van der Waals surface area contributed by atoms with E-state index < -0.39 is 0 Å². The lowest BCUT2D eigenvalue weighted by molar-refractivity contribution is 0.465. The van der Waals surface area contributed by atoms with Crippen molar-refractivity contribution in [1.82, 2.24) is 15.2 Å². The second-order valence-electron chi connectivity index (χ2n) is 3.55. The molecule has 5 nitrogen and oxygen atoms in total. The quantitative estimate of drug-likeness (QED) is 0.849. The first-order valence-electron chi connectivity index (χ1n) is 5.24. The van der Waals surface area contributed by atoms with Crippen LogP contribution in [0, 0.1) is 6.92 Å². The summed E-state index contributed by atoms with van der Waals surface area (Å²) >= 11 is 0. The van der Waals surface area contributed by atoms with Crippen molar-refractivity contribution in [2.24, 2.45) is 0 Å². The molecular weight excluding hydrogens is 204 g/mol. The Kier molecular flexibility index (Phi) is 3.14. The van der Waals surface area contributed by atoms with Gasteiger partial charge in [-0.2, -0.15) is 5.10 Å². The third-order valence-corrected chi connectivity index (χ3v) is 2.16. The number of aryl methyl sites for hydroxylation is 2. The molecule has 0 fully saturated rings. The van der Waals surface area contributed by atoms with Crippen LogP contribution in [0.2, 0.25) is 0 Å². The first-order valence-corrected chi connectivity index (χ1v) is 5.24. The maximum absolute atomic E-state index is 5.46. The van der Waals surface area contributed by atoms with Crippen molar-refractivity contribution >= 4 is 5.82 Å². The molecule has 0 amide bonds. The largest absolute Gasteiger partial charge is 0.444 e. The van der Waals surface area contributed by atoms with E-state index in [0.717, 1.165) is 23.6 Å². The Hall–Kier alpha value is -1.91. The van der Waals surface area contributed by atoms with Crippen LogP contribution in [0.5, 0.6) is 0 Å². The Balaban J connectivity index is 1.96. The zero-order chi connectivity index (χ0) is 11.4. The van der Waals surface area contributed by atoms with Crippen molar-refractivity contribution in [2.45, 2.75) is 26.8 Å². The zero-order valence-electron chi connectivity index (χ0n) is 9.40. The molecule has 0 aliphatic rings. The number of aromatic nitrogens is 3. The third kappa shape index (κ3) is 2.56. The minimum atomic E-state index is 0.526. The fourth-order valence-corrected chi connectivity index (χ4v) is 1.31. The second kappa shape index (κ2) is 4.74. The third-order valence-electron chi connectivity index (χ3n) is 2.16. The van der Waals surface area contributed by atoms with Crippen molar-refractivity contribution in [1.29, 1.82) is 0 Å². The standard InChI is InChI=1S/C11H14N4O/c1-3-9-6-13-11(16-9)7-12-10-4-8(2)5-14-15-10/h4-6H,3,7H2,1-2H3,(H,12,15). The average molecular weight is 218 g/mol. The molecule has 0 saturated carbocycles. The first-order chi connectivity index (χ1) is 7.78. The minimum absolute atomic E-state index is 0.526. The van der Waals surface area contributed by atoms with E-state index in [-0.39, 0.29) is 0 Å². The van der Waals surface area contributed by atoms with E-state index in [2.05, 4.69) is 20.5 Å². The number of nitrogens with one attached hydrogen (secondary N) is 1. The summed E-state index contributed by atoms with van der Waals surface area (Å²) in [7, 11) is 0. The molecule has 2 aromatic rings. The molecule has 0 spiro atoms. The highest BCUT2D eigenvalue weighted by Crippen LogP contribution is 2.08. The molecule has 16 heavy (non-hydrogen) atoms. The molecule has 0 atom stereocenters. The number of rotatable bonds is 4. The predicted octanol–water partition coefficient (Wildman–Crippen LogP) is 1.95. The number of anilines is 1. The van der Waals surface area contributed by atoms with Crippen LogP contribution in [0.1, 0.15) is 24.1 Å². The highest BCUT2D eigenvalue weighted by atomic mass is 16.4. The fraction of sp³-hybridized carbons (Fsp3) is 0.364. The lowest BCUT2D eigenvalue weighted by Crippen LogP contribution is -2.02. The molecule has 0 radical (unpaired) electrons. The van der Waals surface area contributed by atoms with Crippen LogP contribution >= 0.6 is 0 Å². The maximum Gasteiger partial charge on any atom is 0.213 e. The lowest BCUT2D eigenvalue weighted by atomic mass is 10.3. The van der Waals surface area contributed by atoms with Crippen LogP contribution < -0.4 is 5.32 Å². The smallest absolute Gasteiger partial charge is 0.213 e. The normalized spacial score (nSPS) is 10.4. The lowest BCUT2D eigenvalue weighted by Gasteiger charge is -2.01. The van der Waals surface area contributed by atoms with Crippen molar-refractivity contribution in [2.75, 3.05) is 5.32 Å². The highest BCUT2D eigenvalue weighted by Gasteiger charge is 2.02. The molecule has 5 heteroatoms. The molecule has 0 saturated heterocycles. The van der Waals surface area contributed by atoms with Gasteiger partial charge in [-0.25, -0.2) is 4.98 Å². The van der Waals surface area contributed by atoms with Crippen LogP contribution in [-0.4, -0.2) is 15.2 Å². The molecule has 84 valence electrons. The van der Waals surface area contributed by atoms with E-state index in [4.69, 9.17) is 4.42 Å². The number of hydrogen-bond acceptors (Lipinski definition) is 5. The van der Waals surface area contributed by atoms with Gasteiger partial charge >= 0.3 is 0 Å². The average Bonchev–Trinajstić information content (AvgIpc) is 2.74. The van der Waals surface area contributed by atoms with Crippen LogP contribution in [-0.2, 0) is 13.0 Å². The Morgan fingerprint density at radius 3 is 2.94 bits per heavy atom. The van der Waals surface area contributed by atoms with Crippen molar-refractivity contribution in [3.05, 3.63) is 35.7 Å². The summed E-state index contributed by atoms with van der Waals surface area (Å²) in [5, 5.41) is 10.9. The van der Waals surface area contributed by atoms with Crippen LogP contribution in [0.25, 0.3) is 0 Å². The summed E-state index contributed by atoms with van der Waals surface area (Å²) in [6.07, 6.45) is 4.32. The van der Waals surface area contributed by atoms with E-state index >= 15 is 0 Å². The fourth-order valence-electron chi connectivity index (χ4n) is 1.31. The van der Waals surface area contributed by atoms with E-state index in [1.807, 2.05) is 19.9 Å². The topological polar surface area (TPSA) is 63.8 Å². The van der Waals surface area contributed by atoms with Gasteiger partial charge in [-0.05, 0) is 18.6 Å². The SMILES string of the molecule is CCc1cnc(CNc2cc(C)cnn2)o1. The van der Waals surface area contributed by atoms with E-state index in [0.29, 0.717) is 12.4 Å². The number of hydrogen-bond donors (Lipinski definition) is 1. The highest BCUT2D eigenvalue weighted by molar-refractivity contribution is 5.34. The molecular formula is C11H14N4O. The number of nitrogens with zero attached hydrogens (tertiary/aromatic N) is 3. The minimum Gasteiger partial charge on any atom is -0.444 e. The van der Waals surface area contributed by atoms with Gasteiger partial charge in [0.05, 0.1) is 18.9 Å². The zero-order valence-corrected chi connectivity index (χ0v) is 9.40. The van der Waals surface area contributed by atoms with Gasteiger partial charge < -0.3 is 9.73 Å². The van der Waals surface area contributed by atoms with Gasteiger partial charge in [0.1, 0.15) is 11.6 Å². The van der Waals surface area contributed by atoms with Gasteiger partial charge in [0.25, 0.3) is 0 Å². The molecule has 2 aromatic heterocycles. The van der Waals surface area contributed by atoms with Gasteiger partial charge in [0, 0.05) is 6.42 Å². The van der Waals surface area contributed by atoms with Crippen molar-refractivity contribution < 1.29 is 4.42 Å². The second-order valence-corrected chi connectivity index (χ2v) is 3.55. The van der Waals surface area contributed by atoms with Crippen LogP contribution in [0.3, 0.4) is 0 Å². The summed E-state index contributed by atoms with van der Waals surface area (Å²) < 4.78 is 5.46. The summed E-state index contributed by atoms with van der Waals surface area (Å²) in [6.45, 7) is 4.53. The maximum atomic E-state index is 5.46. The summed E-state index contributed by atoms with van der Waals surface area (Å²) in [4.78, 5) is 4.15. The Morgan fingerprint density at radius 1 is 1.38 bits per heavy atom. The number of oxazole rings is 1. The molecule has 1 N–H and O–H groups in total. The van der Waals surface area contributed by atoms with E-state index in [1.165, 1.54) is 0 Å². The molecule has 2 rings (SSSR count). The van der Waals surface area contributed by atoms with Gasteiger partial charge in [0.15, 0.2) is 0 Å². The van der Waals surface area contributed by atoms with E-state index in [1.54, 1.807) is 12.4 Å². The first kappa shape index (κ1) is 10.6. The summed E-state index contributed by atoms with van der Waals surface area (Å²) in [5.41, 5.74) is 1.07. The van der Waals surface area contributed by atoms with Gasteiger partial charge in [-0.3, -0.25) is 0 Å². The Labute approximate surface area is 93.9 Å². The molecule has 0 aromatic carbocycles. The van der Waals surface area contributed by atoms with Gasteiger partial charge in [-0.1, -0.05) is 6.92 Å². The summed E-state index contributed by atoms with van der Waals surface area (Å²) in [5.74, 6) is 2.29. The molecule has 0 unspecified atom stereocenters. The molecule has 0 aliphatic heterocycles. The van der Waals surface area contributed by atoms with Crippen molar-refractivity contribution in [3.8, 4) is 0 Å².